The summed E-state index contributed by atoms with van der Waals surface area (Å²) in [5, 5.41) is 4.38. The highest BCUT2D eigenvalue weighted by Gasteiger charge is 2.07. The summed E-state index contributed by atoms with van der Waals surface area (Å²) in [7, 11) is 0. The number of nitrogens with zero attached hydrogens (tertiary/aromatic N) is 3. The standard InChI is InChI=1S/C16H12N4/c1-2-6-12(7-3-1)13-10-17-20(11-13)16-18-14-8-4-5-9-15(14)19-16/h1-11H,(H,18,19). The largest absolute Gasteiger partial charge is 0.322 e. The number of aromatic nitrogens is 4. The Morgan fingerprint density at radius 1 is 0.850 bits per heavy atom. The van der Waals surface area contributed by atoms with Gasteiger partial charge in [-0.05, 0) is 17.7 Å². The smallest absolute Gasteiger partial charge is 0.229 e. The zero-order valence-electron chi connectivity index (χ0n) is 10.7. The van der Waals surface area contributed by atoms with Crippen LogP contribution in [-0.4, -0.2) is 19.7 Å². The van der Waals surface area contributed by atoms with Gasteiger partial charge in [-0.2, -0.15) is 5.10 Å². The second kappa shape index (κ2) is 4.35. The van der Waals surface area contributed by atoms with E-state index in [4.69, 9.17) is 0 Å². The Morgan fingerprint density at radius 3 is 2.50 bits per heavy atom. The fourth-order valence-corrected chi connectivity index (χ4v) is 2.27. The number of benzene rings is 2. The SMILES string of the molecule is c1ccc(-c2cnn(-c3nc4ccccc4[nH]3)c2)cc1. The summed E-state index contributed by atoms with van der Waals surface area (Å²) in [4.78, 5) is 7.80. The van der Waals surface area contributed by atoms with Gasteiger partial charge in [-0.3, -0.25) is 0 Å². The minimum absolute atomic E-state index is 0.730. The number of aromatic amines is 1. The van der Waals surface area contributed by atoms with Crippen molar-refractivity contribution in [2.45, 2.75) is 0 Å². The molecule has 0 spiro atoms. The van der Waals surface area contributed by atoms with E-state index in [1.807, 2.05) is 54.9 Å². The Balaban J connectivity index is 1.78. The van der Waals surface area contributed by atoms with Gasteiger partial charge in [0.25, 0.3) is 0 Å². The number of rotatable bonds is 2. The number of hydrogen-bond donors (Lipinski definition) is 1. The molecule has 0 saturated heterocycles. The van der Waals surface area contributed by atoms with Crippen molar-refractivity contribution in [1.29, 1.82) is 0 Å². The Morgan fingerprint density at radius 2 is 1.65 bits per heavy atom. The van der Waals surface area contributed by atoms with Crippen LogP contribution >= 0.6 is 0 Å². The molecule has 0 amide bonds. The van der Waals surface area contributed by atoms with Crippen LogP contribution in [0, 0.1) is 0 Å². The van der Waals surface area contributed by atoms with Crippen molar-refractivity contribution in [1.82, 2.24) is 19.7 Å². The number of imidazole rings is 1. The third-order valence-corrected chi connectivity index (χ3v) is 3.28. The summed E-state index contributed by atoms with van der Waals surface area (Å²) in [6.07, 6.45) is 3.83. The van der Waals surface area contributed by atoms with Crippen molar-refractivity contribution in [3.8, 4) is 17.1 Å². The van der Waals surface area contributed by atoms with Gasteiger partial charge in [0.1, 0.15) is 0 Å². The molecule has 0 unspecified atom stereocenters. The van der Waals surface area contributed by atoms with Gasteiger partial charge in [0.05, 0.1) is 17.2 Å². The lowest BCUT2D eigenvalue weighted by molar-refractivity contribution is 0.829. The molecule has 2 heterocycles. The maximum Gasteiger partial charge on any atom is 0.229 e. The number of para-hydroxylation sites is 2. The molecular formula is C16H12N4. The Labute approximate surface area is 115 Å². The van der Waals surface area contributed by atoms with Crippen LogP contribution in [0.3, 0.4) is 0 Å². The zero-order valence-corrected chi connectivity index (χ0v) is 10.7. The number of H-pyrrole nitrogens is 1. The maximum absolute atomic E-state index is 4.53. The van der Waals surface area contributed by atoms with Gasteiger partial charge in [-0.15, -0.1) is 0 Å². The molecular weight excluding hydrogens is 248 g/mol. The molecule has 0 atom stereocenters. The van der Waals surface area contributed by atoms with E-state index in [0.717, 1.165) is 28.1 Å². The Bertz CT molecular complexity index is 825. The molecule has 0 bridgehead atoms. The van der Waals surface area contributed by atoms with Crippen molar-refractivity contribution >= 4 is 11.0 Å². The van der Waals surface area contributed by atoms with Crippen molar-refractivity contribution < 1.29 is 0 Å². The topological polar surface area (TPSA) is 46.5 Å². The van der Waals surface area contributed by atoms with Crippen LogP contribution < -0.4 is 0 Å². The summed E-state index contributed by atoms with van der Waals surface area (Å²) in [5.41, 5.74) is 4.18. The molecule has 4 aromatic rings. The molecule has 20 heavy (non-hydrogen) atoms. The summed E-state index contributed by atoms with van der Waals surface area (Å²) in [6, 6.07) is 18.1. The fraction of sp³-hybridized carbons (Fsp3) is 0. The van der Waals surface area contributed by atoms with E-state index in [1.165, 1.54) is 0 Å². The lowest BCUT2D eigenvalue weighted by atomic mass is 10.1. The molecule has 4 nitrogen and oxygen atoms in total. The molecule has 0 aliphatic heterocycles. The predicted molar refractivity (Wildman–Crippen MR) is 78.7 cm³/mol. The fourth-order valence-electron chi connectivity index (χ4n) is 2.27. The third kappa shape index (κ3) is 1.78. The van der Waals surface area contributed by atoms with Crippen molar-refractivity contribution in [2.75, 3.05) is 0 Å². The Kier molecular flexibility index (Phi) is 2.39. The first-order valence-corrected chi connectivity index (χ1v) is 6.45. The highest BCUT2D eigenvalue weighted by molar-refractivity contribution is 5.76. The van der Waals surface area contributed by atoms with Crippen LogP contribution in [0.1, 0.15) is 0 Å². The first kappa shape index (κ1) is 11.0. The van der Waals surface area contributed by atoms with Crippen molar-refractivity contribution in [3.05, 3.63) is 67.0 Å². The first-order valence-electron chi connectivity index (χ1n) is 6.45. The highest BCUT2D eigenvalue weighted by Crippen LogP contribution is 2.19. The monoisotopic (exact) mass is 260 g/mol. The molecule has 4 rings (SSSR count). The van der Waals surface area contributed by atoms with E-state index in [0.29, 0.717) is 0 Å². The van der Waals surface area contributed by atoms with E-state index in [9.17, 15) is 0 Å². The van der Waals surface area contributed by atoms with Gasteiger partial charge in [0.15, 0.2) is 0 Å². The van der Waals surface area contributed by atoms with Crippen molar-refractivity contribution in [3.63, 3.8) is 0 Å². The third-order valence-electron chi connectivity index (χ3n) is 3.28. The Hall–Kier alpha value is -2.88. The lowest BCUT2D eigenvalue weighted by Gasteiger charge is -1.95. The summed E-state index contributed by atoms with van der Waals surface area (Å²) in [5.74, 6) is 0.730. The van der Waals surface area contributed by atoms with Gasteiger partial charge in [-0.25, -0.2) is 9.67 Å². The van der Waals surface area contributed by atoms with E-state index < -0.39 is 0 Å². The average molecular weight is 260 g/mol. The van der Waals surface area contributed by atoms with Gasteiger partial charge in [0.2, 0.25) is 5.95 Å². The molecule has 0 aliphatic carbocycles. The minimum atomic E-state index is 0.730. The van der Waals surface area contributed by atoms with Crippen LogP contribution in [-0.2, 0) is 0 Å². The van der Waals surface area contributed by atoms with E-state index in [1.54, 1.807) is 4.68 Å². The van der Waals surface area contributed by atoms with Crippen LogP contribution in [0.25, 0.3) is 28.1 Å². The average Bonchev–Trinajstić information content (AvgIpc) is 3.14. The highest BCUT2D eigenvalue weighted by atomic mass is 15.3. The summed E-state index contributed by atoms with van der Waals surface area (Å²) < 4.78 is 1.77. The van der Waals surface area contributed by atoms with Gasteiger partial charge < -0.3 is 4.98 Å². The number of hydrogen-bond acceptors (Lipinski definition) is 2. The number of fused-ring (bicyclic) bond motifs is 1. The van der Waals surface area contributed by atoms with E-state index >= 15 is 0 Å². The van der Waals surface area contributed by atoms with Crippen LogP contribution in [0.2, 0.25) is 0 Å². The molecule has 1 N–H and O–H groups in total. The molecule has 0 radical (unpaired) electrons. The molecule has 4 heteroatoms. The summed E-state index contributed by atoms with van der Waals surface area (Å²) in [6.45, 7) is 0. The normalized spacial score (nSPS) is 11.0. The van der Waals surface area contributed by atoms with Crippen LogP contribution in [0.15, 0.2) is 67.0 Å². The van der Waals surface area contributed by atoms with E-state index in [-0.39, 0.29) is 0 Å². The molecule has 2 aromatic carbocycles. The quantitative estimate of drug-likeness (QED) is 0.600. The second-order valence-corrected chi connectivity index (χ2v) is 4.62. The summed E-state index contributed by atoms with van der Waals surface area (Å²) >= 11 is 0. The van der Waals surface area contributed by atoms with Gasteiger partial charge in [-0.1, -0.05) is 42.5 Å². The molecule has 0 saturated carbocycles. The zero-order chi connectivity index (χ0) is 13.4. The second-order valence-electron chi connectivity index (χ2n) is 4.62. The van der Waals surface area contributed by atoms with Crippen LogP contribution in [0.5, 0.6) is 0 Å². The van der Waals surface area contributed by atoms with Gasteiger partial charge >= 0.3 is 0 Å². The minimum Gasteiger partial charge on any atom is -0.322 e. The van der Waals surface area contributed by atoms with Gasteiger partial charge in [0, 0.05) is 11.8 Å². The lowest BCUT2D eigenvalue weighted by Crippen LogP contribution is -1.95. The molecule has 0 fully saturated rings. The first-order chi connectivity index (χ1) is 9.90. The van der Waals surface area contributed by atoms with Crippen molar-refractivity contribution in [2.24, 2.45) is 0 Å². The van der Waals surface area contributed by atoms with Crippen LogP contribution in [0.4, 0.5) is 0 Å². The predicted octanol–water partition coefficient (Wildman–Crippen LogP) is 3.42. The van der Waals surface area contributed by atoms with E-state index in [2.05, 4.69) is 27.2 Å². The molecule has 0 aliphatic rings. The number of nitrogens with one attached hydrogen (secondary N) is 1. The molecule has 2 aromatic heterocycles. The molecule has 96 valence electrons. The maximum atomic E-state index is 4.53.